The van der Waals surface area contributed by atoms with Crippen molar-refractivity contribution in [3.05, 3.63) is 24.0 Å². The van der Waals surface area contributed by atoms with Crippen LogP contribution in [0.5, 0.6) is 5.75 Å². The maximum absolute atomic E-state index is 11.9. The molecule has 2 heterocycles. The number of ether oxygens (including phenoxy) is 1. The zero-order valence-corrected chi connectivity index (χ0v) is 9.86. The minimum Gasteiger partial charge on any atom is -0.433 e. The summed E-state index contributed by atoms with van der Waals surface area (Å²) in [5, 5.41) is 6.22. The van der Waals surface area contributed by atoms with E-state index >= 15 is 0 Å². The van der Waals surface area contributed by atoms with Gasteiger partial charge in [0, 0.05) is 6.04 Å². The second-order valence-electron chi connectivity index (χ2n) is 3.95. The predicted octanol–water partition coefficient (Wildman–Crippen LogP) is 1.12. The number of nitrogens with one attached hydrogen (secondary N) is 2. The number of nitrogens with zero attached hydrogens (tertiary/aromatic N) is 2. The molecule has 0 radical (unpaired) electrons. The molecule has 18 heavy (non-hydrogen) atoms. The molecule has 2 N–H and O–H groups in total. The summed E-state index contributed by atoms with van der Waals surface area (Å²) in [5.74, 6) is 0.788. The molecule has 1 aromatic rings. The van der Waals surface area contributed by atoms with Crippen LogP contribution in [0.15, 0.2) is 23.3 Å². The molecule has 1 atom stereocenters. The number of hydrogen-bond acceptors (Lipinski definition) is 5. The van der Waals surface area contributed by atoms with Crippen molar-refractivity contribution in [2.45, 2.75) is 26.1 Å². The highest BCUT2D eigenvalue weighted by molar-refractivity contribution is 5.81. The van der Waals surface area contributed by atoms with Crippen molar-refractivity contribution in [2.75, 3.05) is 6.54 Å². The van der Waals surface area contributed by atoms with Gasteiger partial charge in [-0.2, -0.15) is 8.78 Å². The molecule has 7 heteroatoms. The normalized spacial score (nSPS) is 18.4. The van der Waals surface area contributed by atoms with E-state index in [0.717, 1.165) is 18.2 Å². The molecule has 98 valence electrons. The number of alkyl halides is 2. The molecule has 1 unspecified atom stereocenters. The number of aromatic nitrogens is 1. The van der Waals surface area contributed by atoms with E-state index in [1.54, 1.807) is 6.07 Å². The Balaban J connectivity index is 1.83. The SMILES string of the molecule is CC1CN=C(NCc2ccc(OC(F)F)cn2)N1. The van der Waals surface area contributed by atoms with Gasteiger partial charge in [-0.25, -0.2) is 0 Å². The van der Waals surface area contributed by atoms with Gasteiger partial charge in [-0.15, -0.1) is 0 Å². The largest absolute Gasteiger partial charge is 0.433 e. The molecule has 0 spiro atoms. The summed E-state index contributed by atoms with van der Waals surface area (Å²) < 4.78 is 28.1. The van der Waals surface area contributed by atoms with Crippen molar-refractivity contribution in [1.82, 2.24) is 15.6 Å². The van der Waals surface area contributed by atoms with Gasteiger partial charge in [-0.3, -0.25) is 9.98 Å². The smallest absolute Gasteiger partial charge is 0.387 e. The molecule has 1 aliphatic rings. The standard InChI is InChI=1S/C11H14F2N4O/c1-7-4-15-11(17-7)16-5-8-2-3-9(6-14-8)18-10(12)13/h2-3,6-7,10H,4-5H2,1H3,(H2,15,16,17). The highest BCUT2D eigenvalue weighted by Gasteiger charge is 2.11. The summed E-state index contributed by atoms with van der Waals surface area (Å²) in [6.45, 7) is 0.437. The summed E-state index contributed by atoms with van der Waals surface area (Å²) in [5.41, 5.74) is 0.723. The first-order valence-electron chi connectivity index (χ1n) is 5.58. The Kier molecular flexibility index (Phi) is 3.91. The van der Waals surface area contributed by atoms with Crippen LogP contribution < -0.4 is 15.4 Å². The van der Waals surface area contributed by atoms with E-state index in [9.17, 15) is 8.78 Å². The first-order chi connectivity index (χ1) is 8.63. The Labute approximate surface area is 103 Å². The van der Waals surface area contributed by atoms with Crippen molar-refractivity contribution in [2.24, 2.45) is 4.99 Å². The molecule has 0 saturated heterocycles. The molecule has 0 saturated carbocycles. The Morgan fingerprint density at radius 1 is 1.56 bits per heavy atom. The molecule has 5 nitrogen and oxygen atoms in total. The van der Waals surface area contributed by atoms with Crippen LogP contribution in [0.1, 0.15) is 12.6 Å². The number of pyridine rings is 1. The molecule has 0 bridgehead atoms. The van der Waals surface area contributed by atoms with E-state index in [2.05, 4.69) is 25.3 Å². The summed E-state index contributed by atoms with van der Waals surface area (Å²) in [7, 11) is 0. The maximum Gasteiger partial charge on any atom is 0.387 e. The highest BCUT2D eigenvalue weighted by Crippen LogP contribution is 2.12. The maximum atomic E-state index is 11.9. The van der Waals surface area contributed by atoms with Crippen LogP contribution >= 0.6 is 0 Å². The van der Waals surface area contributed by atoms with Crippen LogP contribution in [0.25, 0.3) is 0 Å². The summed E-state index contributed by atoms with van der Waals surface area (Å²) >= 11 is 0. The van der Waals surface area contributed by atoms with E-state index in [1.165, 1.54) is 12.3 Å². The van der Waals surface area contributed by atoms with Gasteiger partial charge in [0.2, 0.25) is 0 Å². The second kappa shape index (κ2) is 5.61. The summed E-state index contributed by atoms with van der Waals surface area (Å²) in [6.07, 6.45) is 1.27. The minimum atomic E-state index is -2.82. The van der Waals surface area contributed by atoms with Crippen LogP contribution in [0, 0.1) is 0 Å². The highest BCUT2D eigenvalue weighted by atomic mass is 19.3. The first-order valence-corrected chi connectivity index (χ1v) is 5.58. The average molecular weight is 256 g/mol. The second-order valence-corrected chi connectivity index (χ2v) is 3.95. The van der Waals surface area contributed by atoms with Crippen LogP contribution in [0.4, 0.5) is 8.78 Å². The Morgan fingerprint density at radius 2 is 2.39 bits per heavy atom. The first kappa shape index (κ1) is 12.5. The van der Waals surface area contributed by atoms with E-state index in [1.807, 2.05) is 6.92 Å². The van der Waals surface area contributed by atoms with Crippen molar-refractivity contribution < 1.29 is 13.5 Å². The van der Waals surface area contributed by atoms with Gasteiger partial charge >= 0.3 is 6.61 Å². The van der Waals surface area contributed by atoms with Gasteiger partial charge in [0.1, 0.15) is 5.75 Å². The van der Waals surface area contributed by atoms with E-state index in [4.69, 9.17) is 0 Å². The Morgan fingerprint density at radius 3 is 2.94 bits per heavy atom. The van der Waals surface area contributed by atoms with Crippen LogP contribution in [0.3, 0.4) is 0 Å². The number of aliphatic imine (C=N–C) groups is 1. The zero-order valence-electron chi connectivity index (χ0n) is 9.86. The van der Waals surface area contributed by atoms with Crippen molar-refractivity contribution >= 4 is 5.96 Å². The van der Waals surface area contributed by atoms with Gasteiger partial charge in [-0.1, -0.05) is 0 Å². The topological polar surface area (TPSA) is 58.5 Å². The lowest BCUT2D eigenvalue weighted by molar-refractivity contribution is -0.0500. The Hall–Kier alpha value is -1.92. The fourth-order valence-corrected chi connectivity index (χ4v) is 1.52. The number of guanidine groups is 1. The number of hydrogen-bond donors (Lipinski definition) is 2. The minimum absolute atomic E-state index is 0.0544. The third kappa shape index (κ3) is 3.54. The zero-order chi connectivity index (χ0) is 13.0. The molecule has 1 aliphatic heterocycles. The van der Waals surface area contributed by atoms with E-state index in [0.29, 0.717) is 12.6 Å². The lowest BCUT2D eigenvalue weighted by Crippen LogP contribution is -2.37. The predicted molar refractivity (Wildman–Crippen MR) is 62.6 cm³/mol. The van der Waals surface area contributed by atoms with Crippen LogP contribution in [0.2, 0.25) is 0 Å². The van der Waals surface area contributed by atoms with E-state index in [-0.39, 0.29) is 5.75 Å². The van der Waals surface area contributed by atoms with Gasteiger partial charge in [0.05, 0.1) is 25.0 Å². The summed E-state index contributed by atoms with van der Waals surface area (Å²) in [4.78, 5) is 8.24. The fourth-order valence-electron chi connectivity index (χ4n) is 1.52. The molecular weight excluding hydrogens is 242 g/mol. The fraction of sp³-hybridized carbons (Fsp3) is 0.455. The van der Waals surface area contributed by atoms with Gasteiger partial charge in [-0.05, 0) is 19.1 Å². The molecule has 1 aromatic heterocycles. The lowest BCUT2D eigenvalue weighted by atomic mass is 10.3. The molecule has 0 aliphatic carbocycles. The monoisotopic (exact) mass is 256 g/mol. The van der Waals surface area contributed by atoms with E-state index < -0.39 is 6.61 Å². The number of rotatable bonds is 4. The number of halogens is 2. The summed E-state index contributed by atoms with van der Waals surface area (Å²) in [6, 6.07) is 3.43. The lowest BCUT2D eigenvalue weighted by Gasteiger charge is -2.09. The molecule has 0 amide bonds. The van der Waals surface area contributed by atoms with Crippen LogP contribution in [-0.4, -0.2) is 30.1 Å². The molecular formula is C11H14F2N4O. The molecule has 0 aromatic carbocycles. The van der Waals surface area contributed by atoms with Crippen molar-refractivity contribution in [3.63, 3.8) is 0 Å². The molecule has 0 fully saturated rings. The third-order valence-corrected chi connectivity index (χ3v) is 2.37. The van der Waals surface area contributed by atoms with Crippen LogP contribution in [-0.2, 0) is 6.54 Å². The van der Waals surface area contributed by atoms with Gasteiger partial charge in [0.25, 0.3) is 0 Å². The average Bonchev–Trinajstić information content (AvgIpc) is 2.74. The Bertz CT molecular complexity index is 422. The molecule has 2 rings (SSSR count). The quantitative estimate of drug-likeness (QED) is 0.847. The third-order valence-electron chi connectivity index (χ3n) is 2.37. The van der Waals surface area contributed by atoms with Gasteiger partial charge in [0.15, 0.2) is 5.96 Å². The van der Waals surface area contributed by atoms with Gasteiger partial charge < -0.3 is 15.4 Å². The van der Waals surface area contributed by atoms with Crippen molar-refractivity contribution in [3.8, 4) is 5.75 Å². The van der Waals surface area contributed by atoms with Crippen molar-refractivity contribution in [1.29, 1.82) is 0 Å².